The molecule has 2 rings (SSSR count). The molecule has 0 aliphatic rings. The molecule has 0 fully saturated rings. The Morgan fingerprint density at radius 3 is 2.69 bits per heavy atom. The van der Waals surface area contributed by atoms with Gasteiger partial charge in [-0.15, -0.1) is 0 Å². The molecule has 0 radical (unpaired) electrons. The number of aryl methyl sites for hydroxylation is 1. The van der Waals surface area contributed by atoms with Gasteiger partial charge in [0.2, 0.25) is 0 Å². The van der Waals surface area contributed by atoms with Crippen LogP contribution in [0.25, 0.3) is 10.9 Å². The fraction of sp³-hybridized carbons (Fsp3) is 0.100. The fourth-order valence-electron chi connectivity index (χ4n) is 1.24. The van der Waals surface area contributed by atoms with E-state index >= 15 is 0 Å². The quantitative estimate of drug-likeness (QED) is 0.629. The highest BCUT2D eigenvalue weighted by Gasteiger charge is 1.98. The normalized spacial score (nSPS) is 9.62. The van der Waals surface area contributed by atoms with Gasteiger partial charge in [0.15, 0.2) is 17.4 Å². The molecule has 0 aliphatic carbocycles. The molecule has 0 atom stereocenters. The highest BCUT2D eigenvalue weighted by molar-refractivity contribution is 5.84. The lowest BCUT2D eigenvalue weighted by atomic mass is 10.2. The minimum Gasteiger partial charge on any atom is -0.507 e. The summed E-state index contributed by atoms with van der Waals surface area (Å²) in [5, 5.41) is 10.2. The minimum atomic E-state index is 0. The highest BCUT2D eigenvalue weighted by atomic mass is 27.0. The molecule has 0 amide bonds. The van der Waals surface area contributed by atoms with Crippen molar-refractivity contribution in [3.63, 3.8) is 0 Å². The van der Waals surface area contributed by atoms with Crippen LogP contribution in [0, 0.1) is 6.92 Å². The molecule has 1 aromatic heterocycles. The smallest absolute Gasteiger partial charge is 0.187 e. The number of rotatable bonds is 0. The molecule has 66 valence electrons. The van der Waals surface area contributed by atoms with Crippen LogP contribution in [0.3, 0.4) is 0 Å². The van der Waals surface area contributed by atoms with Gasteiger partial charge in [-0.1, -0.05) is 6.07 Å². The maximum Gasteiger partial charge on any atom is 0.187 e. The van der Waals surface area contributed by atoms with E-state index in [1.165, 1.54) is 0 Å². The fourth-order valence-corrected chi connectivity index (χ4v) is 1.24. The van der Waals surface area contributed by atoms with Crippen molar-refractivity contribution in [3.05, 3.63) is 36.0 Å². The number of nitrogens with zero attached hydrogens (tertiary/aromatic N) is 1. The van der Waals surface area contributed by atoms with Gasteiger partial charge in [-0.2, -0.15) is 0 Å². The summed E-state index contributed by atoms with van der Waals surface area (Å²) in [7, 11) is 0. The van der Waals surface area contributed by atoms with Crippen LogP contribution in [0.15, 0.2) is 30.3 Å². The number of phenols is 1. The topological polar surface area (TPSA) is 33.1 Å². The van der Waals surface area contributed by atoms with E-state index < -0.39 is 0 Å². The van der Waals surface area contributed by atoms with E-state index in [9.17, 15) is 5.11 Å². The summed E-state index contributed by atoms with van der Waals surface area (Å²) in [6.45, 7) is 1.93. The number of fused-ring (bicyclic) bond motifs is 1. The van der Waals surface area contributed by atoms with Crippen LogP contribution in [-0.2, 0) is 0 Å². The van der Waals surface area contributed by atoms with E-state index in [4.69, 9.17) is 0 Å². The van der Waals surface area contributed by atoms with Crippen molar-refractivity contribution in [1.29, 1.82) is 0 Å². The predicted molar refractivity (Wildman–Crippen MR) is 58.1 cm³/mol. The Bertz CT molecular complexity index is 428. The van der Waals surface area contributed by atoms with Gasteiger partial charge in [0.05, 0.1) is 5.52 Å². The van der Waals surface area contributed by atoms with Crippen molar-refractivity contribution in [1.82, 2.24) is 4.98 Å². The average Bonchev–Trinajstić information content (AvgIpc) is 2.04. The zero-order valence-corrected chi connectivity index (χ0v) is 6.78. The molecule has 1 N–H and O–H groups in total. The number of benzene rings is 1. The second kappa shape index (κ2) is 3.78. The van der Waals surface area contributed by atoms with Crippen LogP contribution in [-0.4, -0.2) is 27.5 Å². The monoisotopic (exact) mass is 189 g/mol. The number of phenolic OH excluding ortho intramolecular Hbond substituents is 1. The van der Waals surface area contributed by atoms with Crippen molar-refractivity contribution in [2.24, 2.45) is 0 Å². The molecule has 13 heavy (non-hydrogen) atoms. The molecule has 2 nitrogen and oxygen atoms in total. The summed E-state index contributed by atoms with van der Waals surface area (Å²) in [5.41, 5.74) is 1.81. The maximum absolute atomic E-state index is 9.42. The third kappa shape index (κ3) is 1.83. The van der Waals surface area contributed by atoms with Crippen molar-refractivity contribution < 1.29 is 5.11 Å². The van der Waals surface area contributed by atoms with Crippen LogP contribution >= 0.6 is 0 Å². The summed E-state index contributed by atoms with van der Waals surface area (Å²) in [6.07, 6.45) is 0. The molecule has 1 heterocycles. The van der Waals surface area contributed by atoms with E-state index in [1.807, 2.05) is 25.1 Å². The molecular weight excluding hydrogens is 177 g/mol. The van der Waals surface area contributed by atoms with Gasteiger partial charge >= 0.3 is 0 Å². The van der Waals surface area contributed by atoms with Gasteiger partial charge in [0, 0.05) is 11.1 Å². The van der Waals surface area contributed by atoms with Gasteiger partial charge in [0.1, 0.15) is 5.75 Å². The molecule has 0 unspecified atom stereocenters. The Labute approximate surface area is 87.4 Å². The van der Waals surface area contributed by atoms with Crippen molar-refractivity contribution >= 4 is 28.3 Å². The lowest BCUT2D eigenvalue weighted by molar-refractivity contribution is 0.481. The van der Waals surface area contributed by atoms with E-state index in [0.717, 1.165) is 16.6 Å². The van der Waals surface area contributed by atoms with Gasteiger partial charge in [0.25, 0.3) is 0 Å². The molecule has 0 spiro atoms. The van der Waals surface area contributed by atoms with Gasteiger partial charge in [-0.25, -0.2) is 0 Å². The predicted octanol–water partition coefficient (Wildman–Crippen LogP) is 1.06. The summed E-state index contributed by atoms with van der Waals surface area (Å²) in [4.78, 5) is 4.28. The van der Waals surface area contributed by atoms with E-state index in [0.29, 0.717) is 5.75 Å². The minimum absolute atomic E-state index is 0. The number of aromatic nitrogens is 1. The third-order valence-corrected chi connectivity index (χ3v) is 1.85. The van der Waals surface area contributed by atoms with E-state index in [2.05, 4.69) is 4.98 Å². The summed E-state index contributed by atoms with van der Waals surface area (Å²) < 4.78 is 0. The summed E-state index contributed by atoms with van der Waals surface area (Å²) >= 11 is 0. The largest absolute Gasteiger partial charge is 0.507 e. The van der Waals surface area contributed by atoms with Gasteiger partial charge < -0.3 is 5.11 Å². The number of hydrogen-bond donors (Lipinski definition) is 1. The first-order chi connectivity index (χ1) is 5.77. The Kier molecular flexibility index (Phi) is 2.92. The van der Waals surface area contributed by atoms with E-state index in [1.54, 1.807) is 12.1 Å². The van der Waals surface area contributed by atoms with Crippen LogP contribution in [0.2, 0.25) is 0 Å². The first-order valence-electron chi connectivity index (χ1n) is 3.83. The number of aromatic hydroxyl groups is 1. The summed E-state index contributed by atoms with van der Waals surface area (Å²) in [5.74, 6) is 0.292. The van der Waals surface area contributed by atoms with Crippen molar-refractivity contribution in [2.75, 3.05) is 0 Å². The second-order valence-corrected chi connectivity index (χ2v) is 2.80. The Hall–Kier alpha value is -1.04. The first-order valence-corrected chi connectivity index (χ1v) is 3.83. The molecule has 1 aromatic carbocycles. The standard InChI is InChI=1S/C10H9NO.Al.3H/c1-7-5-6-8-9(11-7)3-2-4-10(8)12;;;;/h2-6,12H,1H3;;;;. The highest BCUT2D eigenvalue weighted by Crippen LogP contribution is 2.22. The van der Waals surface area contributed by atoms with E-state index in [-0.39, 0.29) is 17.4 Å². The third-order valence-electron chi connectivity index (χ3n) is 1.85. The van der Waals surface area contributed by atoms with Crippen molar-refractivity contribution in [2.45, 2.75) is 6.92 Å². The lowest BCUT2D eigenvalue weighted by Gasteiger charge is -1.99. The van der Waals surface area contributed by atoms with Crippen LogP contribution in [0.1, 0.15) is 5.69 Å². The molecule has 0 aliphatic heterocycles. The zero-order valence-electron chi connectivity index (χ0n) is 6.78. The van der Waals surface area contributed by atoms with Crippen LogP contribution in [0.5, 0.6) is 5.75 Å². The molecule has 0 saturated carbocycles. The van der Waals surface area contributed by atoms with Crippen LogP contribution in [0.4, 0.5) is 0 Å². The number of hydrogen-bond acceptors (Lipinski definition) is 2. The van der Waals surface area contributed by atoms with Crippen molar-refractivity contribution in [3.8, 4) is 5.75 Å². The molecule has 3 heteroatoms. The van der Waals surface area contributed by atoms with Gasteiger partial charge in [-0.3, -0.25) is 4.98 Å². The molecule has 0 saturated heterocycles. The lowest BCUT2D eigenvalue weighted by Crippen LogP contribution is -1.82. The van der Waals surface area contributed by atoms with Crippen LogP contribution < -0.4 is 0 Å². The maximum atomic E-state index is 9.42. The SMILES string of the molecule is Cc1ccc2c(O)cccc2n1.[AlH3]. The zero-order chi connectivity index (χ0) is 8.55. The first kappa shape index (κ1) is 10.0. The Morgan fingerprint density at radius 2 is 1.92 bits per heavy atom. The Balaban J connectivity index is 0.000000845. The summed E-state index contributed by atoms with van der Waals surface area (Å²) in [6, 6.07) is 9.13. The average molecular weight is 189 g/mol. The molecule has 2 aromatic rings. The molecular formula is C10H12AlNO. The number of pyridine rings is 1. The molecule has 0 bridgehead atoms. The second-order valence-electron chi connectivity index (χ2n) is 2.80. The Morgan fingerprint density at radius 1 is 1.15 bits per heavy atom. The van der Waals surface area contributed by atoms with Gasteiger partial charge in [-0.05, 0) is 31.2 Å².